The zero-order valence-corrected chi connectivity index (χ0v) is 8.11. The van der Waals surface area contributed by atoms with Crippen molar-refractivity contribution in [1.29, 1.82) is 0 Å². The first-order chi connectivity index (χ1) is 6.27. The fourth-order valence-electron chi connectivity index (χ4n) is 2.20. The van der Waals surface area contributed by atoms with E-state index in [1.807, 2.05) is 6.20 Å². The van der Waals surface area contributed by atoms with Crippen LogP contribution in [0, 0.1) is 0 Å². The van der Waals surface area contributed by atoms with Crippen LogP contribution in [-0.2, 0) is 6.54 Å². The minimum atomic E-state index is 0.298. The fraction of sp³-hybridized carbons (Fsp3) is 0.700. The minimum absolute atomic E-state index is 0.298. The molecule has 0 radical (unpaired) electrons. The van der Waals surface area contributed by atoms with E-state index in [0.29, 0.717) is 12.0 Å². The Kier molecular flexibility index (Phi) is 2.36. The third-order valence-corrected chi connectivity index (χ3v) is 2.75. The summed E-state index contributed by atoms with van der Waals surface area (Å²) in [5.41, 5.74) is 7.20. The van der Waals surface area contributed by atoms with Crippen LogP contribution in [0.25, 0.3) is 0 Å². The lowest BCUT2D eigenvalue weighted by molar-refractivity contribution is 0.393. The van der Waals surface area contributed by atoms with Crippen molar-refractivity contribution < 1.29 is 0 Å². The van der Waals surface area contributed by atoms with Gasteiger partial charge >= 0.3 is 0 Å². The van der Waals surface area contributed by atoms with Crippen LogP contribution in [0.3, 0.4) is 0 Å². The molecule has 0 aromatic carbocycles. The van der Waals surface area contributed by atoms with Gasteiger partial charge in [-0.05, 0) is 32.3 Å². The van der Waals surface area contributed by atoms with Crippen molar-refractivity contribution in [3.8, 4) is 0 Å². The second kappa shape index (κ2) is 3.50. The zero-order chi connectivity index (χ0) is 9.26. The van der Waals surface area contributed by atoms with Crippen LogP contribution in [0.4, 0.5) is 0 Å². The second-order valence-corrected chi connectivity index (χ2v) is 4.03. The largest absolute Gasteiger partial charge is 0.328 e. The molecule has 2 atom stereocenters. The standard InChI is InChI=1S/C10H17N3/c1-8(11)7-9-3-2-6-13-10(9)4-5-12-13/h4-5,8-9H,2-3,6-7,11H2,1H3. The molecule has 3 nitrogen and oxygen atoms in total. The van der Waals surface area contributed by atoms with E-state index in [-0.39, 0.29) is 0 Å². The topological polar surface area (TPSA) is 43.8 Å². The van der Waals surface area contributed by atoms with E-state index in [4.69, 9.17) is 5.73 Å². The molecule has 0 bridgehead atoms. The van der Waals surface area contributed by atoms with Crippen LogP contribution in [-0.4, -0.2) is 15.8 Å². The van der Waals surface area contributed by atoms with E-state index in [9.17, 15) is 0 Å². The Balaban J connectivity index is 2.15. The fourth-order valence-corrected chi connectivity index (χ4v) is 2.20. The predicted molar refractivity (Wildman–Crippen MR) is 52.5 cm³/mol. The van der Waals surface area contributed by atoms with Crippen molar-refractivity contribution in [2.75, 3.05) is 0 Å². The first kappa shape index (κ1) is 8.75. The molecule has 0 saturated carbocycles. The van der Waals surface area contributed by atoms with Gasteiger partial charge in [0.15, 0.2) is 0 Å². The molecule has 0 amide bonds. The Morgan fingerprint density at radius 3 is 3.38 bits per heavy atom. The molecule has 13 heavy (non-hydrogen) atoms. The van der Waals surface area contributed by atoms with E-state index in [1.54, 1.807) is 0 Å². The summed E-state index contributed by atoms with van der Waals surface area (Å²) in [4.78, 5) is 0. The van der Waals surface area contributed by atoms with Gasteiger partial charge in [-0.25, -0.2) is 0 Å². The Bertz CT molecular complexity index is 277. The lowest BCUT2D eigenvalue weighted by Crippen LogP contribution is -2.23. The van der Waals surface area contributed by atoms with E-state index >= 15 is 0 Å². The maximum Gasteiger partial charge on any atom is 0.0492 e. The number of aromatic nitrogens is 2. The molecule has 0 aliphatic carbocycles. The Labute approximate surface area is 78.9 Å². The summed E-state index contributed by atoms with van der Waals surface area (Å²) in [5.74, 6) is 0.635. The van der Waals surface area contributed by atoms with Crippen molar-refractivity contribution in [1.82, 2.24) is 9.78 Å². The highest BCUT2D eigenvalue weighted by atomic mass is 15.3. The Hall–Kier alpha value is -0.830. The predicted octanol–water partition coefficient (Wildman–Crippen LogP) is 1.50. The van der Waals surface area contributed by atoms with Crippen molar-refractivity contribution in [2.45, 2.75) is 44.7 Å². The SMILES string of the molecule is CC(N)CC1CCCn2nccc21. The Morgan fingerprint density at radius 2 is 2.62 bits per heavy atom. The van der Waals surface area contributed by atoms with Crippen molar-refractivity contribution in [2.24, 2.45) is 5.73 Å². The maximum atomic E-state index is 5.82. The van der Waals surface area contributed by atoms with Gasteiger partial charge in [-0.1, -0.05) is 0 Å². The van der Waals surface area contributed by atoms with Gasteiger partial charge in [0, 0.05) is 30.4 Å². The molecular formula is C10H17N3. The summed E-state index contributed by atoms with van der Waals surface area (Å²) in [6.45, 7) is 3.16. The van der Waals surface area contributed by atoms with Crippen molar-refractivity contribution in [3.05, 3.63) is 18.0 Å². The minimum Gasteiger partial charge on any atom is -0.328 e. The number of nitrogens with zero attached hydrogens (tertiary/aromatic N) is 2. The van der Waals surface area contributed by atoms with Gasteiger partial charge < -0.3 is 5.73 Å². The zero-order valence-electron chi connectivity index (χ0n) is 8.11. The van der Waals surface area contributed by atoms with Crippen LogP contribution in [0.5, 0.6) is 0 Å². The molecule has 1 aromatic rings. The van der Waals surface area contributed by atoms with Crippen LogP contribution in [0.1, 0.15) is 37.8 Å². The normalized spacial score (nSPS) is 24.0. The van der Waals surface area contributed by atoms with Crippen LogP contribution < -0.4 is 5.73 Å². The van der Waals surface area contributed by atoms with Gasteiger partial charge in [0.1, 0.15) is 0 Å². The van der Waals surface area contributed by atoms with Crippen molar-refractivity contribution in [3.63, 3.8) is 0 Å². The van der Waals surface area contributed by atoms with Gasteiger partial charge in [0.2, 0.25) is 0 Å². The molecule has 2 heterocycles. The lowest BCUT2D eigenvalue weighted by atomic mass is 9.90. The molecule has 1 aliphatic heterocycles. The monoisotopic (exact) mass is 179 g/mol. The number of aryl methyl sites for hydroxylation is 1. The van der Waals surface area contributed by atoms with Crippen LogP contribution >= 0.6 is 0 Å². The highest BCUT2D eigenvalue weighted by Crippen LogP contribution is 2.29. The van der Waals surface area contributed by atoms with Gasteiger partial charge in [-0.2, -0.15) is 5.10 Å². The number of nitrogens with two attached hydrogens (primary N) is 1. The lowest BCUT2D eigenvalue weighted by Gasteiger charge is -2.24. The Morgan fingerprint density at radius 1 is 1.77 bits per heavy atom. The number of hydrogen-bond donors (Lipinski definition) is 1. The molecule has 0 fully saturated rings. The molecule has 1 aliphatic rings. The molecule has 3 heteroatoms. The summed E-state index contributed by atoms with van der Waals surface area (Å²) in [5, 5.41) is 4.29. The third kappa shape index (κ3) is 1.75. The molecule has 2 N–H and O–H groups in total. The molecule has 2 unspecified atom stereocenters. The van der Waals surface area contributed by atoms with Gasteiger partial charge in [-0.15, -0.1) is 0 Å². The first-order valence-electron chi connectivity index (χ1n) is 5.04. The van der Waals surface area contributed by atoms with Gasteiger partial charge in [0.25, 0.3) is 0 Å². The van der Waals surface area contributed by atoms with E-state index in [1.165, 1.54) is 18.5 Å². The molecule has 0 saturated heterocycles. The van der Waals surface area contributed by atoms with Crippen LogP contribution in [0.15, 0.2) is 12.3 Å². The first-order valence-corrected chi connectivity index (χ1v) is 5.04. The molecule has 0 spiro atoms. The maximum absolute atomic E-state index is 5.82. The van der Waals surface area contributed by atoms with Gasteiger partial charge in [0.05, 0.1) is 0 Å². The number of fused-ring (bicyclic) bond motifs is 1. The summed E-state index contributed by atoms with van der Waals surface area (Å²) < 4.78 is 2.12. The van der Waals surface area contributed by atoms with Gasteiger partial charge in [-0.3, -0.25) is 4.68 Å². The third-order valence-electron chi connectivity index (χ3n) is 2.75. The van der Waals surface area contributed by atoms with E-state index in [2.05, 4.69) is 22.8 Å². The van der Waals surface area contributed by atoms with E-state index < -0.39 is 0 Å². The summed E-state index contributed by atoms with van der Waals surface area (Å²) in [6.07, 6.45) is 5.50. The molecule has 72 valence electrons. The van der Waals surface area contributed by atoms with Crippen molar-refractivity contribution >= 4 is 0 Å². The molecule has 2 rings (SSSR count). The quantitative estimate of drug-likeness (QED) is 0.747. The molecular weight excluding hydrogens is 162 g/mol. The average Bonchev–Trinajstić information content (AvgIpc) is 2.51. The second-order valence-electron chi connectivity index (χ2n) is 4.03. The summed E-state index contributed by atoms with van der Waals surface area (Å²) >= 11 is 0. The summed E-state index contributed by atoms with van der Waals surface area (Å²) in [7, 11) is 0. The molecule has 1 aromatic heterocycles. The smallest absolute Gasteiger partial charge is 0.0492 e. The number of hydrogen-bond acceptors (Lipinski definition) is 2. The highest BCUT2D eigenvalue weighted by molar-refractivity contribution is 5.10. The highest BCUT2D eigenvalue weighted by Gasteiger charge is 2.21. The summed E-state index contributed by atoms with van der Waals surface area (Å²) in [6, 6.07) is 2.43. The van der Waals surface area contributed by atoms with Crippen LogP contribution in [0.2, 0.25) is 0 Å². The number of rotatable bonds is 2. The van der Waals surface area contributed by atoms with E-state index in [0.717, 1.165) is 13.0 Å². The average molecular weight is 179 g/mol.